The van der Waals surface area contributed by atoms with Gasteiger partial charge in [0.15, 0.2) is 0 Å². The summed E-state index contributed by atoms with van der Waals surface area (Å²) in [6.45, 7) is 0.615. The lowest BCUT2D eigenvalue weighted by atomic mass is 9.92. The first-order chi connectivity index (χ1) is 14.9. The summed E-state index contributed by atoms with van der Waals surface area (Å²) < 4.78 is 40.8. The van der Waals surface area contributed by atoms with Crippen molar-refractivity contribution in [3.63, 3.8) is 0 Å². The maximum Gasteiger partial charge on any atom is 0.248 e. The number of carbonyl (C=O) groups is 1. The predicted octanol–water partition coefficient (Wildman–Crippen LogP) is 2.95. The number of amides is 1. The molecule has 1 aliphatic heterocycles. The summed E-state index contributed by atoms with van der Waals surface area (Å²) in [5.74, 6) is -1.20. The maximum atomic E-state index is 13.2. The Morgan fingerprint density at radius 3 is 2.58 bits per heavy atom. The van der Waals surface area contributed by atoms with Crippen LogP contribution in [0.2, 0.25) is 0 Å². The van der Waals surface area contributed by atoms with Crippen LogP contribution in [0.1, 0.15) is 34.8 Å². The Labute approximate surface area is 179 Å². The summed E-state index contributed by atoms with van der Waals surface area (Å²) in [6, 6.07) is 11.7. The Morgan fingerprint density at radius 1 is 1.10 bits per heavy atom. The van der Waals surface area contributed by atoms with Gasteiger partial charge in [-0.3, -0.25) is 14.8 Å². The highest BCUT2D eigenvalue weighted by Gasteiger charge is 2.32. The Bertz CT molecular complexity index is 1220. The molecule has 2 heterocycles. The molecule has 160 valence electrons. The second kappa shape index (κ2) is 8.52. The quantitative estimate of drug-likeness (QED) is 0.657. The molecular weight excluding hydrogens is 419 g/mol. The Hall–Kier alpha value is -3.17. The van der Waals surface area contributed by atoms with Gasteiger partial charge in [0.25, 0.3) is 0 Å². The largest absolute Gasteiger partial charge is 0.366 e. The molecule has 2 N–H and O–H groups in total. The van der Waals surface area contributed by atoms with Gasteiger partial charge in [0.2, 0.25) is 15.9 Å². The number of carbonyl (C=O) groups excluding carboxylic acids is 1. The average Bonchev–Trinajstić information content (AvgIpc) is 2.79. The molecule has 1 amide bonds. The number of piperidine rings is 1. The third kappa shape index (κ3) is 4.33. The molecule has 9 heteroatoms. The fourth-order valence-electron chi connectivity index (χ4n) is 3.83. The van der Waals surface area contributed by atoms with Crippen LogP contribution in [0.15, 0.2) is 65.8 Å². The smallest absolute Gasteiger partial charge is 0.248 e. The average molecular weight is 441 g/mol. The number of halogens is 1. The van der Waals surface area contributed by atoms with Crippen LogP contribution in [0.3, 0.4) is 0 Å². The fraction of sp³-hybridized carbons (Fsp3) is 0.227. The zero-order valence-corrected chi connectivity index (χ0v) is 17.4. The number of rotatable bonds is 5. The third-order valence-electron chi connectivity index (χ3n) is 5.37. The van der Waals surface area contributed by atoms with Gasteiger partial charge in [-0.1, -0.05) is 12.1 Å². The summed E-state index contributed by atoms with van der Waals surface area (Å²) >= 11 is 0. The van der Waals surface area contributed by atoms with Crippen LogP contribution in [0.5, 0.6) is 0 Å². The van der Waals surface area contributed by atoms with Crippen LogP contribution in [-0.2, 0) is 10.0 Å². The second-order valence-corrected chi connectivity index (χ2v) is 9.33. The topological polar surface area (TPSA) is 106 Å². The SMILES string of the molecule is NC(=O)c1cccc(-c2nccnc2[C@@H]2CCCN(S(=O)(=O)c3ccc(F)cc3)C2)c1. The van der Waals surface area contributed by atoms with Crippen LogP contribution in [0, 0.1) is 5.82 Å². The minimum Gasteiger partial charge on any atom is -0.366 e. The van der Waals surface area contributed by atoms with Crippen LogP contribution in [0.25, 0.3) is 11.3 Å². The molecule has 0 unspecified atom stereocenters. The van der Waals surface area contributed by atoms with E-state index < -0.39 is 21.7 Å². The molecule has 1 aliphatic rings. The van der Waals surface area contributed by atoms with E-state index in [1.807, 2.05) is 6.07 Å². The molecule has 1 atom stereocenters. The zero-order chi connectivity index (χ0) is 22.0. The highest BCUT2D eigenvalue weighted by atomic mass is 32.2. The Morgan fingerprint density at radius 2 is 1.84 bits per heavy atom. The standard InChI is InChI=1S/C22H21FN4O3S/c23-18-6-8-19(9-7-18)31(29,30)27-12-2-5-17(14-27)21-20(25-10-11-26-21)15-3-1-4-16(13-15)22(24)28/h1,3-4,6-11,13,17H,2,5,12,14H2,(H2,24,28)/t17-/m1/s1. The number of sulfonamides is 1. The van der Waals surface area contributed by atoms with Crippen molar-refractivity contribution < 1.29 is 17.6 Å². The number of benzene rings is 2. The summed E-state index contributed by atoms with van der Waals surface area (Å²) in [7, 11) is -3.76. The summed E-state index contributed by atoms with van der Waals surface area (Å²) in [5.41, 5.74) is 7.72. The molecular formula is C22H21FN4O3S. The summed E-state index contributed by atoms with van der Waals surface area (Å²) in [6.07, 6.45) is 4.54. The molecule has 1 saturated heterocycles. The van der Waals surface area contributed by atoms with E-state index in [4.69, 9.17) is 5.73 Å². The van der Waals surface area contributed by atoms with E-state index in [0.717, 1.165) is 18.6 Å². The van der Waals surface area contributed by atoms with Crippen LogP contribution in [-0.4, -0.2) is 41.7 Å². The van der Waals surface area contributed by atoms with Gasteiger partial charge in [0.05, 0.1) is 16.3 Å². The number of hydrogen-bond acceptors (Lipinski definition) is 5. The summed E-state index contributed by atoms with van der Waals surface area (Å²) in [5, 5.41) is 0. The molecule has 1 fully saturated rings. The van der Waals surface area contributed by atoms with E-state index in [-0.39, 0.29) is 17.4 Å². The van der Waals surface area contributed by atoms with Crippen LogP contribution < -0.4 is 5.73 Å². The first kappa shape index (κ1) is 21.1. The second-order valence-electron chi connectivity index (χ2n) is 7.39. The molecule has 0 radical (unpaired) electrons. The minimum absolute atomic E-state index is 0.0584. The molecule has 0 saturated carbocycles. The van der Waals surface area contributed by atoms with Gasteiger partial charge in [-0.05, 0) is 49.2 Å². The molecule has 2 aromatic carbocycles. The molecule has 7 nitrogen and oxygen atoms in total. The molecule has 0 spiro atoms. The monoisotopic (exact) mass is 440 g/mol. The Kier molecular flexibility index (Phi) is 5.79. The summed E-state index contributed by atoms with van der Waals surface area (Å²) in [4.78, 5) is 20.6. The van der Waals surface area contributed by atoms with Gasteiger partial charge < -0.3 is 5.73 Å². The highest BCUT2D eigenvalue weighted by molar-refractivity contribution is 7.89. The van der Waals surface area contributed by atoms with E-state index in [0.29, 0.717) is 35.5 Å². The van der Waals surface area contributed by atoms with E-state index in [9.17, 15) is 17.6 Å². The Balaban J connectivity index is 1.66. The lowest BCUT2D eigenvalue weighted by Gasteiger charge is -2.32. The zero-order valence-electron chi connectivity index (χ0n) is 16.6. The van der Waals surface area contributed by atoms with Crippen molar-refractivity contribution >= 4 is 15.9 Å². The van der Waals surface area contributed by atoms with Crippen molar-refractivity contribution in [2.75, 3.05) is 13.1 Å². The molecule has 1 aromatic heterocycles. The van der Waals surface area contributed by atoms with E-state index >= 15 is 0 Å². The van der Waals surface area contributed by atoms with Crippen molar-refractivity contribution in [1.82, 2.24) is 14.3 Å². The number of primary amides is 1. The van der Waals surface area contributed by atoms with Crippen molar-refractivity contribution in [3.8, 4) is 11.3 Å². The lowest BCUT2D eigenvalue weighted by molar-refractivity contribution is 0.100. The number of hydrogen-bond donors (Lipinski definition) is 1. The van der Waals surface area contributed by atoms with Crippen LogP contribution in [0.4, 0.5) is 4.39 Å². The van der Waals surface area contributed by atoms with Gasteiger partial charge >= 0.3 is 0 Å². The number of nitrogens with two attached hydrogens (primary N) is 1. The van der Waals surface area contributed by atoms with E-state index in [1.165, 1.54) is 16.4 Å². The van der Waals surface area contributed by atoms with Gasteiger partial charge in [-0.25, -0.2) is 12.8 Å². The van der Waals surface area contributed by atoms with E-state index in [1.54, 1.807) is 30.6 Å². The fourth-order valence-corrected chi connectivity index (χ4v) is 5.35. The van der Waals surface area contributed by atoms with Gasteiger partial charge in [0.1, 0.15) is 5.82 Å². The van der Waals surface area contributed by atoms with Crippen molar-refractivity contribution in [2.45, 2.75) is 23.7 Å². The molecule has 0 aliphatic carbocycles. The molecule has 4 rings (SSSR count). The minimum atomic E-state index is -3.76. The number of nitrogens with zero attached hydrogens (tertiary/aromatic N) is 3. The highest BCUT2D eigenvalue weighted by Crippen LogP contribution is 2.34. The lowest BCUT2D eigenvalue weighted by Crippen LogP contribution is -2.39. The van der Waals surface area contributed by atoms with Crippen molar-refractivity contribution in [1.29, 1.82) is 0 Å². The van der Waals surface area contributed by atoms with Crippen LogP contribution >= 0.6 is 0 Å². The third-order valence-corrected chi connectivity index (χ3v) is 7.25. The first-order valence-electron chi connectivity index (χ1n) is 9.83. The van der Waals surface area contributed by atoms with Gasteiger partial charge in [0, 0.05) is 42.5 Å². The maximum absolute atomic E-state index is 13.2. The molecule has 0 bridgehead atoms. The van der Waals surface area contributed by atoms with Gasteiger partial charge in [-0.2, -0.15) is 4.31 Å². The van der Waals surface area contributed by atoms with Crippen molar-refractivity contribution in [2.24, 2.45) is 5.73 Å². The van der Waals surface area contributed by atoms with Gasteiger partial charge in [-0.15, -0.1) is 0 Å². The predicted molar refractivity (Wildman–Crippen MR) is 113 cm³/mol. The molecule has 31 heavy (non-hydrogen) atoms. The normalized spacial score (nSPS) is 17.4. The number of aromatic nitrogens is 2. The van der Waals surface area contributed by atoms with Crippen molar-refractivity contribution in [3.05, 3.63) is 78.0 Å². The van der Waals surface area contributed by atoms with E-state index in [2.05, 4.69) is 9.97 Å². The first-order valence-corrected chi connectivity index (χ1v) is 11.3. The molecule has 3 aromatic rings.